The van der Waals surface area contributed by atoms with Crippen LogP contribution in [-0.2, 0) is 11.3 Å². The van der Waals surface area contributed by atoms with E-state index in [-0.39, 0.29) is 17.7 Å². The number of rotatable bonds is 8. The molecule has 0 aliphatic rings. The van der Waals surface area contributed by atoms with Gasteiger partial charge in [-0.05, 0) is 30.5 Å². The SMILES string of the molecule is CCCCC(CC)C(=O)N(C)Cc1ccc(C(=O)NC)cc1. The highest BCUT2D eigenvalue weighted by atomic mass is 16.2. The molecular weight excluding hydrogens is 276 g/mol. The summed E-state index contributed by atoms with van der Waals surface area (Å²) >= 11 is 0. The molecule has 2 amide bonds. The number of amides is 2. The zero-order chi connectivity index (χ0) is 16.5. The van der Waals surface area contributed by atoms with Crippen LogP contribution in [0.4, 0.5) is 0 Å². The Hall–Kier alpha value is -1.84. The molecule has 1 unspecified atom stereocenters. The molecular formula is C18H28N2O2. The first-order valence-electron chi connectivity index (χ1n) is 8.09. The van der Waals surface area contributed by atoms with Crippen LogP contribution in [-0.4, -0.2) is 30.8 Å². The van der Waals surface area contributed by atoms with Crippen LogP contribution in [0, 0.1) is 5.92 Å². The third-order valence-corrected chi connectivity index (χ3v) is 3.99. The molecule has 0 radical (unpaired) electrons. The fourth-order valence-electron chi connectivity index (χ4n) is 2.52. The predicted octanol–water partition coefficient (Wildman–Crippen LogP) is 3.22. The zero-order valence-electron chi connectivity index (χ0n) is 14.2. The molecule has 0 fully saturated rings. The number of nitrogens with zero attached hydrogens (tertiary/aromatic N) is 1. The first-order chi connectivity index (χ1) is 10.5. The maximum absolute atomic E-state index is 12.5. The number of nitrogens with one attached hydrogen (secondary N) is 1. The van der Waals surface area contributed by atoms with Gasteiger partial charge in [0.1, 0.15) is 0 Å². The van der Waals surface area contributed by atoms with Gasteiger partial charge >= 0.3 is 0 Å². The first kappa shape index (κ1) is 18.2. The van der Waals surface area contributed by atoms with Crippen molar-refractivity contribution in [3.63, 3.8) is 0 Å². The van der Waals surface area contributed by atoms with Crippen LogP contribution >= 0.6 is 0 Å². The fourth-order valence-corrected chi connectivity index (χ4v) is 2.52. The highest BCUT2D eigenvalue weighted by Crippen LogP contribution is 2.17. The Labute approximate surface area is 133 Å². The van der Waals surface area contributed by atoms with Gasteiger partial charge in [0.2, 0.25) is 5.91 Å². The summed E-state index contributed by atoms with van der Waals surface area (Å²) in [5.74, 6) is 0.239. The first-order valence-corrected chi connectivity index (χ1v) is 8.09. The Morgan fingerprint density at radius 2 is 1.82 bits per heavy atom. The monoisotopic (exact) mass is 304 g/mol. The van der Waals surface area contributed by atoms with Crippen molar-refractivity contribution in [3.8, 4) is 0 Å². The molecule has 1 N–H and O–H groups in total. The molecule has 0 bridgehead atoms. The van der Waals surface area contributed by atoms with Crippen LogP contribution in [0.5, 0.6) is 0 Å². The molecule has 0 aliphatic heterocycles. The van der Waals surface area contributed by atoms with Gasteiger partial charge < -0.3 is 10.2 Å². The molecule has 1 atom stereocenters. The van der Waals surface area contributed by atoms with Gasteiger partial charge in [-0.1, -0.05) is 38.8 Å². The van der Waals surface area contributed by atoms with E-state index in [1.807, 2.05) is 19.2 Å². The van der Waals surface area contributed by atoms with E-state index in [0.717, 1.165) is 31.2 Å². The molecule has 0 aliphatic carbocycles. The van der Waals surface area contributed by atoms with E-state index in [0.29, 0.717) is 12.1 Å². The molecule has 0 aromatic heterocycles. The highest BCUT2D eigenvalue weighted by molar-refractivity contribution is 5.93. The van der Waals surface area contributed by atoms with Crippen LogP contribution in [0.2, 0.25) is 0 Å². The van der Waals surface area contributed by atoms with Crippen molar-refractivity contribution < 1.29 is 9.59 Å². The van der Waals surface area contributed by atoms with Gasteiger partial charge in [0.25, 0.3) is 5.91 Å². The minimum atomic E-state index is -0.0957. The van der Waals surface area contributed by atoms with E-state index < -0.39 is 0 Å². The van der Waals surface area contributed by atoms with E-state index in [1.165, 1.54) is 0 Å². The minimum absolute atomic E-state index is 0.0957. The minimum Gasteiger partial charge on any atom is -0.355 e. The van der Waals surface area contributed by atoms with Crippen molar-refractivity contribution in [1.29, 1.82) is 0 Å². The normalized spacial score (nSPS) is 11.8. The van der Waals surface area contributed by atoms with Gasteiger partial charge in [-0.3, -0.25) is 9.59 Å². The fraction of sp³-hybridized carbons (Fsp3) is 0.556. The molecule has 122 valence electrons. The zero-order valence-corrected chi connectivity index (χ0v) is 14.2. The van der Waals surface area contributed by atoms with Crippen LogP contribution in [0.15, 0.2) is 24.3 Å². The van der Waals surface area contributed by atoms with E-state index in [2.05, 4.69) is 19.2 Å². The van der Waals surface area contributed by atoms with Gasteiger partial charge in [0, 0.05) is 32.1 Å². The molecule has 4 heteroatoms. The maximum Gasteiger partial charge on any atom is 0.251 e. The van der Waals surface area contributed by atoms with Gasteiger partial charge in [0.15, 0.2) is 0 Å². The Morgan fingerprint density at radius 1 is 1.18 bits per heavy atom. The van der Waals surface area contributed by atoms with E-state index in [4.69, 9.17) is 0 Å². The molecule has 4 nitrogen and oxygen atoms in total. The summed E-state index contributed by atoms with van der Waals surface area (Å²) in [4.78, 5) is 25.8. The summed E-state index contributed by atoms with van der Waals surface area (Å²) in [6.45, 7) is 4.80. The second kappa shape index (κ2) is 9.23. The third kappa shape index (κ3) is 5.17. The number of unbranched alkanes of at least 4 members (excludes halogenated alkanes) is 1. The van der Waals surface area contributed by atoms with Gasteiger partial charge in [-0.25, -0.2) is 0 Å². The van der Waals surface area contributed by atoms with Crippen LogP contribution in [0.1, 0.15) is 55.5 Å². The van der Waals surface area contributed by atoms with Gasteiger partial charge in [-0.2, -0.15) is 0 Å². The lowest BCUT2D eigenvalue weighted by atomic mass is 9.97. The molecule has 0 saturated carbocycles. The smallest absolute Gasteiger partial charge is 0.251 e. The summed E-state index contributed by atoms with van der Waals surface area (Å²) < 4.78 is 0. The number of carbonyl (C=O) groups is 2. The Balaban J connectivity index is 2.64. The summed E-state index contributed by atoms with van der Waals surface area (Å²) in [5, 5.41) is 2.60. The lowest BCUT2D eigenvalue weighted by Gasteiger charge is -2.23. The van der Waals surface area contributed by atoms with Crippen molar-refractivity contribution in [2.45, 2.75) is 46.1 Å². The maximum atomic E-state index is 12.5. The number of hydrogen-bond donors (Lipinski definition) is 1. The highest BCUT2D eigenvalue weighted by Gasteiger charge is 2.19. The molecule has 22 heavy (non-hydrogen) atoms. The molecule has 1 aromatic rings. The Kier molecular flexibility index (Phi) is 7.64. The number of hydrogen-bond acceptors (Lipinski definition) is 2. The second-order valence-electron chi connectivity index (χ2n) is 5.72. The lowest BCUT2D eigenvalue weighted by Crippen LogP contribution is -2.32. The van der Waals surface area contributed by atoms with Crippen molar-refractivity contribution in [3.05, 3.63) is 35.4 Å². The average Bonchev–Trinajstić information content (AvgIpc) is 2.55. The van der Waals surface area contributed by atoms with Crippen LogP contribution < -0.4 is 5.32 Å². The summed E-state index contributed by atoms with van der Waals surface area (Å²) in [6.07, 6.45) is 4.07. The summed E-state index contributed by atoms with van der Waals surface area (Å²) in [5.41, 5.74) is 1.67. The second-order valence-corrected chi connectivity index (χ2v) is 5.72. The van der Waals surface area contributed by atoms with Crippen LogP contribution in [0.3, 0.4) is 0 Å². The Morgan fingerprint density at radius 3 is 2.32 bits per heavy atom. The van der Waals surface area contributed by atoms with Crippen molar-refractivity contribution in [2.24, 2.45) is 5.92 Å². The summed E-state index contributed by atoms with van der Waals surface area (Å²) in [6, 6.07) is 7.39. The topological polar surface area (TPSA) is 49.4 Å². The number of carbonyl (C=O) groups excluding carboxylic acids is 2. The molecule has 0 spiro atoms. The predicted molar refractivity (Wildman–Crippen MR) is 89.6 cm³/mol. The molecule has 0 heterocycles. The number of benzene rings is 1. The molecule has 0 saturated heterocycles. The average molecular weight is 304 g/mol. The van der Waals surface area contributed by atoms with Crippen LogP contribution in [0.25, 0.3) is 0 Å². The van der Waals surface area contributed by atoms with E-state index >= 15 is 0 Å². The van der Waals surface area contributed by atoms with Gasteiger partial charge in [0.05, 0.1) is 0 Å². The molecule has 1 rings (SSSR count). The van der Waals surface area contributed by atoms with Crippen molar-refractivity contribution >= 4 is 11.8 Å². The quantitative estimate of drug-likeness (QED) is 0.801. The van der Waals surface area contributed by atoms with Gasteiger partial charge in [-0.15, -0.1) is 0 Å². The lowest BCUT2D eigenvalue weighted by molar-refractivity contribution is -0.135. The van der Waals surface area contributed by atoms with E-state index in [1.54, 1.807) is 24.1 Å². The van der Waals surface area contributed by atoms with Crippen molar-refractivity contribution in [1.82, 2.24) is 10.2 Å². The standard InChI is InChI=1S/C18H28N2O2/c1-5-7-8-15(6-2)18(22)20(4)13-14-9-11-16(12-10-14)17(21)19-3/h9-12,15H,5-8,13H2,1-4H3,(H,19,21). The Bertz CT molecular complexity index is 482. The van der Waals surface area contributed by atoms with E-state index in [9.17, 15) is 9.59 Å². The van der Waals surface area contributed by atoms with Crippen molar-refractivity contribution in [2.75, 3.05) is 14.1 Å². The summed E-state index contributed by atoms with van der Waals surface area (Å²) in [7, 11) is 3.47. The molecule has 1 aromatic carbocycles. The third-order valence-electron chi connectivity index (χ3n) is 3.99. The largest absolute Gasteiger partial charge is 0.355 e.